The summed E-state index contributed by atoms with van der Waals surface area (Å²) in [6.45, 7) is 3.38. The molecule has 0 fully saturated rings. The van der Waals surface area contributed by atoms with Crippen LogP contribution in [0, 0.1) is 5.92 Å². The van der Waals surface area contributed by atoms with Crippen molar-refractivity contribution >= 4 is 40.0 Å². The molecular formula is C30H35O4P. The maximum absolute atomic E-state index is 14.0. The van der Waals surface area contributed by atoms with Gasteiger partial charge in [0.15, 0.2) is 0 Å². The van der Waals surface area contributed by atoms with E-state index in [9.17, 15) is 9.59 Å². The molecule has 0 heterocycles. The summed E-state index contributed by atoms with van der Waals surface area (Å²) < 4.78 is 11.3. The highest BCUT2D eigenvalue weighted by atomic mass is 31.2. The number of hydrogen-bond donors (Lipinski definition) is 0. The van der Waals surface area contributed by atoms with Crippen LogP contribution in [-0.2, 0) is 19.1 Å². The van der Waals surface area contributed by atoms with Crippen LogP contribution >= 0.6 is 6.89 Å². The van der Waals surface area contributed by atoms with Crippen molar-refractivity contribution in [2.45, 2.75) is 40.0 Å². The summed E-state index contributed by atoms with van der Waals surface area (Å²) in [7, 11) is 0. The van der Waals surface area contributed by atoms with E-state index in [0.29, 0.717) is 11.7 Å². The molecule has 35 heavy (non-hydrogen) atoms. The molecule has 0 bridgehead atoms. The predicted molar refractivity (Wildman–Crippen MR) is 146 cm³/mol. The molecule has 3 aromatic carbocycles. The minimum Gasteiger partial charge on any atom is -0.466 e. The second-order valence-electron chi connectivity index (χ2n) is 8.23. The Labute approximate surface area is 209 Å². The Balaban J connectivity index is 2.60. The molecule has 3 aromatic rings. The summed E-state index contributed by atoms with van der Waals surface area (Å²) in [5, 5.41) is 3.53. The van der Waals surface area contributed by atoms with Crippen molar-refractivity contribution < 1.29 is 19.1 Å². The van der Waals surface area contributed by atoms with Crippen LogP contribution in [0.1, 0.15) is 40.0 Å². The van der Waals surface area contributed by atoms with Gasteiger partial charge in [0, 0.05) is 0 Å². The average Bonchev–Trinajstić information content (AvgIpc) is 2.90. The van der Waals surface area contributed by atoms with E-state index in [0.717, 1.165) is 28.8 Å². The Morgan fingerprint density at radius 2 is 1.11 bits per heavy atom. The molecule has 1 atom stereocenters. The van der Waals surface area contributed by atoms with E-state index in [4.69, 9.17) is 9.47 Å². The van der Waals surface area contributed by atoms with Gasteiger partial charge in [-0.3, -0.25) is 4.79 Å². The van der Waals surface area contributed by atoms with Crippen LogP contribution in [0.15, 0.2) is 91.0 Å². The summed E-state index contributed by atoms with van der Waals surface area (Å²) in [4.78, 5) is 27.5. The maximum Gasteiger partial charge on any atom is 0.335 e. The summed E-state index contributed by atoms with van der Waals surface area (Å²) >= 11 is 0. The van der Waals surface area contributed by atoms with Crippen molar-refractivity contribution in [2.24, 2.45) is 5.92 Å². The molecule has 184 valence electrons. The molecular weight excluding hydrogens is 455 g/mol. The Kier molecular flexibility index (Phi) is 9.93. The molecule has 0 aromatic heterocycles. The first kappa shape index (κ1) is 26.5. The largest absolute Gasteiger partial charge is 0.466 e. The SMILES string of the molecule is CCCCC(C(=O)OCC)C(C(=O)OCC)=P(c1ccccc1)(c1ccccc1)c1ccccc1. The molecule has 1 unspecified atom stereocenters. The number of esters is 2. The van der Waals surface area contributed by atoms with Crippen LogP contribution in [0.2, 0.25) is 0 Å². The molecule has 0 radical (unpaired) electrons. The van der Waals surface area contributed by atoms with Crippen molar-refractivity contribution in [1.29, 1.82) is 0 Å². The van der Waals surface area contributed by atoms with Crippen molar-refractivity contribution in [3.8, 4) is 0 Å². The van der Waals surface area contributed by atoms with Crippen molar-refractivity contribution in [1.82, 2.24) is 0 Å². The smallest absolute Gasteiger partial charge is 0.335 e. The summed E-state index contributed by atoms with van der Waals surface area (Å²) in [6.07, 6.45) is 2.22. The molecule has 0 aliphatic carbocycles. The third-order valence-corrected chi connectivity index (χ3v) is 10.5. The van der Waals surface area contributed by atoms with Crippen LogP contribution in [0.5, 0.6) is 0 Å². The lowest BCUT2D eigenvalue weighted by Gasteiger charge is -2.34. The Hall–Kier alpha value is -3.10. The number of rotatable bonds is 11. The fraction of sp³-hybridized carbons (Fsp3) is 0.300. The fourth-order valence-electron chi connectivity index (χ4n) is 4.55. The second-order valence-corrected chi connectivity index (χ2v) is 11.6. The zero-order chi connectivity index (χ0) is 25.1. The third kappa shape index (κ3) is 5.77. The lowest BCUT2D eigenvalue weighted by molar-refractivity contribution is -0.147. The Morgan fingerprint density at radius 1 is 0.686 bits per heavy atom. The Morgan fingerprint density at radius 3 is 1.49 bits per heavy atom. The van der Waals surface area contributed by atoms with Crippen LogP contribution in [0.25, 0.3) is 0 Å². The van der Waals surface area contributed by atoms with E-state index < -0.39 is 18.8 Å². The maximum atomic E-state index is 14.0. The molecule has 3 rings (SSSR count). The van der Waals surface area contributed by atoms with Crippen LogP contribution < -0.4 is 15.9 Å². The summed E-state index contributed by atoms with van der Waals surface area (Å²) in [6, 6.07) is 30.2. The highest BCUT2D eigenvalue weighted by Gasteiger charge is 2.40. The quantitative estimate of drug-likeness (QED) is 0.278. The van der Waals surface area contributed by atoms with Gasteiger partial charge in [-0.1, -0.05) is 111 Å². The van der Waals surface area contributed by atoms with Gasteiger partial charge in [0.25, 0.3) is 0 Å². The number of carbonyl (C=O) groups excluding carboxylic acids is 2. The molecule has 0 N–H and O–H groups in total. The van der Waals surface area contributed by atoms with Gasteiger partial charge in [0.05, 0.1) is 24.4 Å². The number of ether oxygens (including phenoxy) is 2. The van der Waals surface area contributed by atoms with Gasteiger partial charge in [0.1, 0.15) is 0 Å². The highest BCUT2D eigenvalue weighted by Crippen LogP contribution is 2.48. The molecule has 4 nitrogen and oxygen atoms in total. The fourth-order valence-corrected chi connectivity index (χ4v) is 9.18. The van der Waals surface area contributed by atoms with Gasteiger partial charge in [-0.15, -0.1) is 0 Å². The van der Waals surface area contributed by atoms with Gasteiger partial charge in [0.2, 0.25) is 0 Å². The minimum atomic E-state index is -2.78. The number of benzene rings is 3. The first-order valence-corrected chi connectivity index (χ1v) is 14.2. The van der Waals surface area contributed by atoms with Gasteiger partial charge >= 0.3 is 11.9 Å². The molecule has 0 saturated carbocycles. The van der Waals surface area contributed by atoms with Gasteiger partial charge in [-0.25, -0.2) is 4.79 Å². The van der Waals surface area contributed by atoms with E-state index in [1.807, 2.05) is 54.6 Å². The van der Waals surface area contributed by atoms with Gasteiger partial charge in [-0.05, 0) is 43.1 Å². The molecule has 0 aliphatic rings. The first-order chi connectivity index (χ1) is 17.1. The van der Waals surface area contributed by atoms with E-state index >= 15 is 0 Å². The highest BCUT2D eigenvalue weighted by molar-refractivity contribution is 7.96. The molecule has 5 heteroatoms. The van der Waals surface area contributed by atoms with Crippen LogP contribution in [-0.4, -0.2) is 30.4 Å². The topological polar surface area (TPSA) is 52.6 Å². The minimum absolute atomic E-state index is 0.226. The van der Waals surface area contributed by atoms with Crippen molar-refractivity contribution in [3.63, 3.8) is 0 Å². The normalized spacial score (nSPS) is 12.0. The van der Waals surface area contributed by atoms with Gasteiger partial charge in [-0.2, -0.15) is 0 Å². The van der Waals surface area contributed by atoms with E-state index in [2.05, 4.69) is 43.3 Å². The number of hydrogen-bond acceptors (Lipinski definition) is 4. The lowest BCUT2D eigenvalue weighted by atomic mass is 9.98. The van der Waals surface area contributed by atoms with Crippen LogP contribution in [0.4, 0.5) is 0 Å². The van der Waals surface area contributed by atoms with E-state index in [-0.39, 0.29) is 19.2 Å². The molecule has 0 saturated heterocycles. The lowest BCUT2D eigenvalue weighted by Crippen LogP contribution is -2.41. The monoisotopic (exact) mass is 490 g/mol. The van der Waals surface area contributed by atoms with Crippen molar-refractivity contribution in [2.75, 3.05) is 13.2 Å². The standard InChI is InChI=1S/C30H35O4P/c1-4-7-23-27(29(31)33-5-2)28(30(32)34-6-3)35(24-17-11-8-12-18-24,25-19-13-9-14-20-25)26-21-15-10-16-22-26/h8-22,27H,4-7,23H2,1-3H3. The van der Waals surface area contributed by atoms with Crippen LogP contribution in [0.3, 0.4) is 0 Å². The van der Waals surface area contributed by atoms with E-state index in [1.165, 1.54) is 0 Å². The van der Waals surface area contributed by atoms with Crippen molar-refractivity contribution in [3.05, 3.63) is 91.0 Å². The predicted octanol–water partition coefficient (Wildman–Crippen LogP) is 5.09. The Bertz CT molecular complexity index is 1040. The first-order valence-electron chi connectivity index (χ1n) is 12.4. The summed E-state index contributed by atoms with van der Waals surface area (Å²) in [5.74, 6) is -1.49. The number of carbonyl (C=O) groups is 2. The third-order valence-electron chi connectivity index (χ3n) is 6.02. The summed E-state index contributed by atoms with van der Waals surface area (Å²) in [5.41, 5.74) is 0. The molecule has 0 aliphatic heterocycles. The second kappa shape index (κ2) is 13.1. The zero-order valence-electron chi connectivity index (χ0n) is 20.9. The van der Waals surface area contributed by atoms with E-state index in [1.54, 1.807) is 13.8 Å². The number of unbranched alkanes of at least 4 members (excludes halogenated alkanes) is 1. The molecule has 0 amide bonds. The van der Waals surface area contributed by atoms with Gasteiger partial charge < -0.3 is 9.47 Å². The molecule has 0 spiro atoms. The average molecular weight is 491 g/mol. The zero-order valence-corrected chi connectivity index (χ0v) is 21.7.